The summed E-state index contributed by atoms with van der Waals surface area (Å²) in [5.41, 5.74) is 10.6. The first kappa shape index (κ1) is 71.3. The van der Waals surface area contributed by atoms with E-state index >= 15 is 0 Å². The number of hydrogen-bond donors (Lipinski definition) is 7. The maximum Gasteiger partial charge on any atom is 0.331 e. The molecule has 8 bridgehead atoms. The largest absolute Gasteiger partial charge is 0.504 e. The quantitative estimate of drug-likeness (QED) is 0.0704. The monoisotopic (exact) mass is 1500 g/mol. The lowest BCUT2D eigenvalue weighted by atomic mass is 9.71. The number of methoxy groups -OCH3 is 4. The van der Waals surface area contributed by atoms with E-state index in [0.29, 0.717) is 109 Å². The minimum absolute atomic E-state index is 0.00879. The van der Waals surface area contributed by atoms with Gasteiger partial charge in [0.2, 0.25) is 13.6 Å². The molecule has 0 aliphatic carbocycles. The molecule has 28 heteroatoms. The summed E-state index contributed by atoms with van der Waals surface area (Å²) in [7, 11) is 10.2. The molecule has 14 atom stereocenters. The first-order valence-corrected chi connectivity index (χ1v) is 38.7. The van der Waals surface area contributed by atoms with E-state index in [1.54, 1.807) is 62.0 Å². The number of thioether (sulfide) groups is 2. The summed E-state index contributed by atoms with van der Waals surface area (Å²) in [6.07, 6.45) is 1.27. The molecule has 14 heterocycles. The molecule has 14 aliphatic heterocycles. The molecule has 20 rings (SSSR count). The average molecular weight is 1500 g/mol. The number of piperazine rings is 2. The van der Waals surface area contributed by atoms with Crippen LogP contribution in [-0.2, 0) is 55.8 Å². The van der Waals surface area contributed by atoms with Crippen molar-refractivity contribution >= 4 is 35.5 Å². The number of benzene rings is 6. The van der Waals surface area contributed by atoms with Crippen LogP contribution < -0.4 is 58.0 Å². The van der Waals surface area contributed by atoms with Gasteiger partial charge in [-0.2, -0.15) is 5.26 Å². The number of rotatable bonds is 8. The normalized spacial score (nSPS) is 29.6. The summed E-state index contributed by atoms with van der Waals surface area (Å²) in [6.45, 7) is 13.3. The van der Waals surface area contributed by atoms with Crippen LogP contribution in [0, 0.1) is 39.0 Å². The highest BCUT2D eigenvalue weighted by Crippen LogP contribution is 2.68. The Morgan fingerprint density at radius 3 is 1.42 bits per heavy atom. The number of fused-ring (bicyclic) bond motifs is 18. The molecule has 6 aromatic carbocycles. The van der Waals surface area contributed by atoms with Crippen molar-refractivity contribution in [2.45, 2.75) is 149 Å². The molecule has 6 aromatic rings. The van der Waals surface area contributed by atoms with Gasteiger partial charge >= 0.3 is 11.9 Å². The van der Waals surface area contributed by atoms with Gasteiger partial charge in [-0.25, -0.2) is 9.59 Å². The number of aryl methyl sites for hydroxylation is 2. The van der Waals surface area contributed by atoms with Crippen LogP contribution in [0.4, 0.5) is 0 Å². The third-order valence-corrected chi connectivity index (χ3v) is 27.7. The van der Waals surface area contributed by atoms with E-state index in [1.807, 2.05) is 55.6 Å². The lowest BCUT2D eigenvalue weighted by molar-refractivity contribution is -0.186. The molecule has 14 aliphatic rings. The second-order valence-electron chi connectivity index (χ2n) is 29.7. The number of carbonyl (C=O) groups is 2. The van der Waals surface area contributed by atoms with Gasteiger partial charge in [0.25, 0.3) is 0 Å². The SMILES string of the molecule is CCOc1c(C)c2c(c3c1[C@H]1SC[C@]4(NCCc5cc(O)c(OC)cc54)C(=O)OC[C@@H]3N3C1[C@H]1c4c(cc(C)c(OC)c4O)C[C@@H]([C@@H]3C#N)N1C)OCO2.CCOc1c(C)c2c(c3c1[C@H]1SC[C@]4(NCCc5cc(O)c(OC)cc54)C(=O)OC[C@@H]3N3C1[C@H]1c4c(cc(C)c(OC)c4O)C[C@@H]([C@@H]3O)N1C)OCO2. The molecule has 0 radical (unpaired) electrons. The van der Waals surface area contributed by atoms with Crippen LogP contribution in [0.1, 0.15) is 138 Å². The van der Waals surface area contributed by atoms with Crippen molar-refractivity contribution in [2.75, 3.05) is 107 Å². The van der Waals surface area contributed by atoms with Crippen LogP contribution >= 0.6 is 23.5 Å². The molecule has 0 amide bonds. The van der Waals surface area contributed by atoms with Gasteiger partial charge in [0.15, 0.2) is 80.1 Å². The number of nitrogens with one attached hydrogen (secondary N) is 2. The number of nitrogens with zero attached hydrogens (tertiary/aromatic N) is 5. The highest BCUT2D eigenvalue weighted by Gasteiger charge is 2.65. The topological polar surface area (TPSA) is 307 Å². The smallest absolute Gasteiger partial charge is 0.331 e. The summed E-state index contributed by atoms with van der Waals surface area (Å²) in [6, 6.07) is 9.56. The zero-order chi connectivity index (χ0) is 74.9. The number of aromatic hydroxyl groups is 4. The first-order valence-electron chi connectivity index (χ1n) is 36.6. The number of aliphatic hydroxyl groups excluding tert-OH is 1. The van der Waals surface area contributed by atoms with Crippen LogP contribution in [0.3, 0.4) is 0 Å². The average Bonchev–Trinajstić information content (AvgIpc) is 1.51. The van der Waals surface area contributed by atoms with Gasteiger partial charge in [-0.15, -0.1) is 23.5 Å². The van der Waals surface area contributed by atoms with Crippen LogP contribution in [0.2, 0.25) is 0 Å². The lowest BCUT2D eigenvalue weighted by Gasteiger charge is -2.62. The van der Waals surface area contributed by atoms with Gasteiger partial charge in [0, 0.05) is 87.2 Å². The van der Waals surface area contributed by atoms with Gasteiger partial charge < -0.3 is 82.4 Å². The van der Waals surface area contributed by atoms with Crippen molar-refractivity contribution in [3.05, 3.63) is 125 Å². The van der Waals surface area contributed by atoms with Gasteiger partial charge in [-0.3, -0.25) is 30.2 Å². The fourth-order valence-electron chi connectivity index (χ4n) is 20.3. The van der Waals surface area contributed by atoms with E-state index in [2.05, 4.69) is 48.4 Å². The second-order valence-corrected chi connectivity index (χ2v) is 32.0. The van der Waals surface area contributed by atoms with Crippen LogP contribution in [0.25, 0.3) is 0 Å². The van der Waals surface area contributed by atoms with Crippen LogP contribution in [0.5, 0.6) is 80.5 Å². The maximum absolute atomic E-state index is 14.8. The molecule has 7 N–H and O–H groups in total. The number of carbonyl (C=O) groups excluding carboxylic acids is 2. The molecule has 107 heavy (non-hydrogen) atoms. The lowest BCUT2D eigenvalue weighted by Crippen LogP contribution is -2.70. The summed E-state index contributed by atoms with van der Waals surface area (Å²) < 4.78 is 73.3. The minimum Gasteiger partial charge on any atom is -0.504 e. The highest BCUT2D eigenvalue weighted by atomic mass is 32.2. The Hall–Kier alpha value is -8.63. The molecule has 26 nitrogen and oxygen atoms in total. The Bertz CT molecular complexity index is 4770. The zero-order valence-electron chi connectivity index (χ0n) is 61.8. The molecule has 2 unspecified atom stereocenters. The Kier molecular flexibility index (Phi) is 17.7. The fourth-order valence-corrected chi connectivity index (χ4v) is 23.7. The molecule has 4 fully saturated rings. The molecular formula is C79H89N7O19S2. The number of phenolic OH excluding ortho intramolecular Hbond substituents is 4. The van der Waals surface area contributed by atoms with E-state index in [9.17, 15) is 40.4 Å². The Morgan fingerprint density at radius 1 is 0.551 bits per heavy atom. The molecular weight excluding hydrogens is 1420 g/mol. The predicted molar refractivity (Wildman–Crippen MR) is 392 cm³/mol. The van der Waals surface area contributed by atoms with Gasteiger partial charge in [0.05, 0.1) is 88.4 Å². The molecule has 4 saturated heterocycles. The molecule has 566 valence electrons. The van der Waals surface area contributed by atoms with Crippen LogP contribution in [0.15, 0.2) is 36.4 Å². The highest BCUT2D eigenvalue weighted by molar-refractivity contribution is 7.99. The van der Waals surface area contributed by atoms with Crippen molar-refractivity contribution in [1.82, 2.24) is 30.2 Å². The number of esters is 2. The maximum atomic E-state index is 14.8. The molecule has 2 spiro atoms. The summed E-state index contributed by atoms with van der Waals surface area (Å²) in [5.74, 6) is 4.84. The van der Waals surface area contributed by atoms with Crippen LogP contribution in [-0.4, -0.2) is 201 Å². The van der Waals surface area contributed by atoms with Crippen molar-refractivity contribution in [2.24, 2.45) is 0 Å². The van der Waals surface area contributed by atoms with E-state index in [4.69, 9.17) is 56.8 Å². The third kappa shape index (κ3) is 10.2. The number of likely N-dealkylation sites (N-methyl/N-ethyl adjacent to an activating group) is 2. The van der Waals surface area contributed by atoms with E-state index in [-0.39, 0.29) is 90.9 Å². The Balaban J connectivity index is 0.000000157. The van der Waals surface area contributed by atoms with Gasteiger partial charge in [-0.05, 0) is 150 Å². The van der Waals surface area contributed by atoms with E-state index in [0.717, 1.165) is 77.9 Å². The standard InChI is InChI=1S/C40H44N4O9S.C39H45N3O10S/c1-7-50-35-19(3)36-37(53-17-52-36)29-25-15-51-39(47)40(22-13-27(48-5)26(45)12-20(22)8-9-42-40)16-54-38(30(29)35)32-31-28-21(10-18(2)34(49-6)33(28)46)11-23(43(31)4)24(14-41)44(25)32;1-7-49-33-18(3)34-35(52-16-51-34)27-23-14-50-38(46)39(21-13-25(47-5)24(43)12-19(21)8-9-40-39)15-53-36(28(27)33)30-29-26-20(10-17(2)32(48-6)31(26)44)11-22(41(29)4)37(45)42(23)30/h10,12-13,23-25,31-32,38,42,45-46H,7-9,11,15-17H2,1-6H3;10,12-13,22-23,29-30,36-37,40,43-45H,7-9,11,14-16H2,1-6H3/t23-,24-,25-,31+,32?,38+,40+;22-,23-,29+,30?,36+,37-,39+/m00/s1. The van der Waals surface area contributed by atoms with Gasteiger partial charge in [0.1, 0.15) is 37.0 Å². The number of ether oxygens (including phenoxy) is 12. The summed E-state index contributed by atoms with van der Waals surface area (Å²) in [4.78, 5) is 38.2. The third-order valence-electron chi connectivity index (χ3n) is 24.8. The number of phenols is 4. The van der Waals surface area contributed by atoms with E-state index < -0.39 is 76.0 Å². The van der Waals surface area contributed by atoms with Crippen molar-refractivity contribution in [1.29, 1.82) is 5.26 Å². The molecule has 0 saturated carbocycles. The van der Waals surface area contributed by atoms with Crippen molar-refractivity contribution in [3.63, 3.8) is 0 Å². The minimum atomic E-state index is -1.29. The van der Waals surface area contributed by atoms with Gasteiger partial charge in [-0.1, -0.05) is 12.1 Å². The Morgan fingerprint density at radius 2 is 0.981 bits per heavy atom. The zero-order valence-corrected chi connectivity index (χ0v) is 63.4. The van der Waals surface area contributed by atoms with Crippen molar-refractivity contribution < 1.29 is 92.0 Å². The van der Waals surface area contributed by atoms with Crippen molar-refractivity contribution in [3.8, 4) is 86.6 Å². The Labute approximate surface area is 628 Å². The number of aliphatic hydroxyl groups is 1. The van der Waals surface area contributed by atoms with E-state index in [1.165, 1.54) is 14.2 Å². The predicted octanol–water partition coefficient (Wildman–Crippen LogP) is 8.35. The number of hydrogen-bond acceptors (Lipinski definition) is 28. The summed E-state index contributed by atoms with van der Waals surface area (Å²) >= 11 is 3.17. The fraction of sp³-hybridized carbons (Fsp3) is 0.506. The summed E-state index contributed by atoms with van der Waals surface area (Å²) in [5, 5.41) is 75.5. The second kappa shape index (κ2) is 26.6. The first-order chi connectivity index (χ1) is 51.6. The molecule has 0 aromatic heterocycles. The number of nitriles is 1.